The summed E-state index contributed by atoms with van der Waals surface area (Å²) in [6, 6.07) is 2.40. The molecule has 5 nitrogen and oxygen atoms in total. The topological polar surface area (TPSA) is 67.8 Å². The number of aliphatic carboxylic acids is 1. The van der Waals surface area contributed by atoms with E-state index in [4.69, 9.17) is 21.1 Å². The van der Waals surface area contributed by atoms with Crippen LogP contribution in [0.15, 0.2) is 12.1 Å². The average Bonchev–Trinajstić information content (AvgIpc) is 2.39. The standard InChI is InChI=1S/C14H20ClNO4/c1-8(2)7-16-12(14(17)18)9-5-6-10(19-3)13(20-4)11(9)15/h5-6,8,12,16H,7H2,1-4H3,(H,17,18). The third-order valence-electron chi connectivity index (χ3n) is 2.80. The molecule has 0 amide bonds. The summed E-state index contributed by atoms with van der Waals surface area (Å²) in [7, 11) is 2.96. The molecular weight excluding hydrogens is 282 g/mol. The van der Waals surface area contributed by atoms with Crippen LogP contribution in [0.5, 0.6) is 11.5 Å². The second kappa shape index (κ2) is 7.36. The average molecular weight is 302 g/mol. The Morgan fingerprint density at radius 1 is 1.35 bits per heavy atom. The summed E-state index contributed by atoms with van der Waals surface area (Å²) in [6.07, 6.45) is 0. The van der Waals surface area contributed by atoms with E-state index in [1.165, 1.54) is 14.2 Å². The van der Waals surface area contributed by atoms with E-state index in [0.717, 1.165) is 0 Å². The number of benzene rings is 1. The van der Waals surface area contributed by atoms with Gasteiger partial charge in [-0.3, -0.25) is 4.79 Å². The van der Waals surface area contributed by atoms with Crippen molar-refractivity contribution in [3.05, 3.63) is 22.7 Å². The highest BCUT2D eigenvalue weighted by Gasteiger charge is 2.25. The first kappa shape index (κ1) is 16.6. The molecule has 112 valence electrons. The van der Waals surface area contributed by atoms with E-state index in [0.29, 0.717) is 29.5 Å². The molecule has 0 aliphatic rings. The van der Waals surface area contributed by atoms with Gasteiger partial charge in [-0.15, -0.1) is 0 Å². The Morgan fingerprint density at radius 3 is 2.45 bits per heavy atom. The lowest BCUT2D eigenvalue weighted by Gasteiger charge is -2.19. The van der Waals surface area contributed by atoms with Gasteiger partial charge in [-0.1, -0.05) is 31.5 Å². The Kier molecular flexibility index (Phi) is 6.10. The summed E-state index contributed by atoms with van der Waals surface area (Å²) in [4.78, 5) is 11.4. The Morgan fingerprint density at radius 2 is 2.00 bits per heavy atom. The van der Waals surface area contributed by atoms with Crippen molar-refractivity contribution < 1.29 is 19.4 Å². The van der Waals surface area contributed by atoms with Crippen molar-refractivity contribution in [2.45, 2.75) is 19.9 Å². The third kappa shape index (κ3) is 3.77. The molecule has 0 radical (unpaired) electrons. The predicted octanol–water partition coefficient (Wildman–Crippen LogP) is 2.73. The van der Waals surface area contributed by atoms with E-state index >= 15 is 0 Å². The maximum Gasteiger partial charge on any atom is 0.325 e. The zero-order valence-electron chi connectivity index (χ0n) is 12.1. The molecule has 0 saturated heterocycles. The number of carboxylic acids is 1. The Labute approximate surface area is 123 Å². The fraction of sp³-hybridized carbons (Fsp3) is 0.500. The van der Waals surface area contributed by atoms with Crippen LogP contribution < -0.4 is 14.8 Å². The summed E-state index contributed by atoms with van der Waals surface area (Å²) >= 11 is 6.24. The van der Waals surface area contributed by atoms with Crippen LogP contribution in [-0.2, 0) is 4.79 Å². The largest absolute Gasteiger partial charge is 0.493 e. The van der Waals surface area contributed by atoms with Crippen molar-refractivity contribution in [3.63, 3.8) is 0 Å². The maximum absolute atomic E-state index is 11.4. The molecule has 6 heteroatoms. The number of nitrogens with one attached hydrogen (secondary N) is 1. The van der Waals surface area contributed by atoms with Crippen LogP contribution in [-0.4, -0.2) is 31.8 Å². The fourth-order valence-electron chi connectivity index (χ4n) is 1.81. The summed E-state index contributed by atoms with van der Waals surface area (Å²) in [5.41, 5.74) is 0.456. The van der Waals surface area contributed by atoms with Gasteiger partial charge in [-0.05, 0) is 18.5 Å². The molecular formula is C14H20ClNO4. The third-order valence-corrected chi connectivity index (χ3v) is 3.19. The van der Waals surface area contributed by atoms with Gasteiger partial charge in [0.25, 0.3) is 0 Å². The van der Waals surface area contributed by atoms with Crippen LogP contribution in [0.25, 0.3) is 0 Å². The molecule has 1 unspecified atom stereocenters. The molecule has 0 aromatic heterocycles. The second-order valence-electron chi connectivity index (χ2n) is 4.78. The first-order valence-electron chi connectivity index (χ1n) is 6.28. The van der Waals surface area contributed by atoms with Gasteiger partial charge in [0.2, 0.25) is 0 Å². The van der Waals surface area contributed by atoms with E-state index in [1.54, 1.807) is 12.1 Å². The molecule has 1 rings (SSSR count). The van der Waals surface area contributed by atoms with Crippen molar-refractivity contribution in [1.82, 2.24) is 5.32 Å². The number of hydrogen-bond acceptors (Lipinski definition) is 4. The Balaban J connectivity index is 3.17. The zero-order chi connectivity index (χ0) is 15.3. The zero-order valence-corrected chi connectivity index (χ0v) is 12.8. The van der Waals surface area contributed by atoms with Gasteiger partial charge in [0.05, 0.1) is 19.2 Å². The first-order chi connectivity index (χ1) is 9.42. The van der Waals surface area contributed by atoms with Crippen molar-refractivity contribution >= 4 is 17.6 Å². The number of carboxylic acid groups (broad SMARTS) is 1. The molecule has 0 bridgehead atoms. The van der Waals surface area contributed by atoms with Crippen molar-refractivity contribution in [2.75, 3.05) is 20.8 Å². The van der Waals surface area contributed by atoms with E-state index in [2.05, 4.69) is 5.32 Å². The highest BCUT2D eigenvalue weighted by molar-refractivity contribution is 6.33. The molecule has 0 spiro atoms. The highest BCUT2D eigenvalue weighted by Crippen LogP contribution is 2.39. The molecule has 1 atom stereocenters. The molecule has 1 aromatic rings. The minimum atomic E-state index is -0.986. The quantitative estimate of drug-likeness (QED) is 0.810. The van der Waals surface area contributed by atoms with E-state index in [9.17, 15) is 9.90 Å². The van der Waals surface area contributed by atoms with Gasteiger partial charge in [0.1, 0.15) is 6.04 Å². The molecule has 2 N–H and O–H groups in total. The van der Waals surface area contributed by atoms with Crippen LogP contribution in [0.2, 0.25) is 5.02 Å². The smallest absolute Gasteiger partial charge is 0.325 e. The highest BCUT2D eigenvalue weighted by atomic mass is 35.5. The summed E-state index contributed by atoms with van der Waals surface area (Å²) < 4.78 is 10.3. The molecule has 1 aromatic carbocycles. The fourth-order valence-corrected chi connectivity index (χ4v) is 2.15. The van der Waals surface area contributed by atoms with Crippen molar-refractivity contribution in [1.29, 1.82) is 0 Å². The summed E-state index contributed by atoms with van der Waals surface area (Å²) in [5, 5.41) is 12.6. The van der Waals surface area contributed by atoms with Gasteiger partial charge in [0.15, 0.2) is 11.5 Å². The van der Waals surface area contributed by atoms with Gasteiger partial charge in [-0.25, -0.2) is 0 Å². The number of hydrogen-bond donors (Lipinski definition) is 2. The van der Waals surface area contributed by atoms with Crippen LogP contribution in [0.4, 0.5) is 0 Å². The summed E-state index contributed by atoms with van der Waals surface area (Å²) in [6.45, 7) is 4.58. The van der Waals surface area contributed by atoms with E-state index in [-0.39, 0.29) is 5.02 Å². The maximum atomic E-state index is 11.4. The number of halogens is 1. The lowest BCUT2D eigenvalue weighted by molar-refractivity contribution is -0.139. The second-order valence-corrected chi connectivity index (χ2v) is 5.16. The first-order valence-corrected chi connectivity index (χ1v) is 6.66. The lowest BCUT2D eigenvalue weighted by atomic mass is 10.0. The number of methoxy groups -OCH3 is 2. The van der Waals surface area contributed by atoms with E-state index in [1.807, 2.05) is 13.8 Å². The van der Waals surface area contributed by atoms with Gasteiger partial charge < -0.3 is 19.9 Å². The molecule has 0 aliphatic carbocycles. The minimum absolute atomic E-state index is 0.246. The van der Waals surface area contributed by atoms with Crippen molar-refractivity contribution in [2.24, 2.45) is 5.92 Å². The molecule has 0 heterocycles. The Bertz CT molecular complexity index is 476. The minimum Gasteiger partial charge on any atom is -0.493 e. The molecule has 0 saturated carbocycles. The molecule has 20 heavy (non-hydrogen) atoms. The lowest BCUT2D eigenvalue weighted by Crippen LogP contribution is -2.31. The summed E-state index contributed by atoms with van der Waals surface area (Å²) in [5.74, 6) is 0.147. The predicted molar refractivity (Wildman–Crippen MR) is 77.8 cm³/mol. The number of ether oxygens (including phenoxy) is 2. The Hall–Kier alpha value is -1.46. The normalized spacial score (nSPS) is 12.3. The van der Waals surface area contributed by atoms with Gasteiger partial charge >= 0.3 is 5.97 Å². The van der Waals surface area contributed by atoms with Gasteiger partial charge in [0, 0.05) is 5.56 Å². The molecule has 0 fully saturated rings. The van der Waals surface area contributed by atoms with Crippen LogP contribution in [0.3, 0.4) is 0 Å². The van der Waals surface area contributed by atoms with Gasteiger partial charge in [-0.2, -0.15) is 0 Å². The SMILES string of the molecule is COc1ccc(C(NCC(C)C)C(=O)O)c(Cl)c1OC. The van der Waals surface area contributed by atoms with E-state index < -0.39 is 12.0 Å². The van der Waals surface area contributed by atoms with Crippen molar-refractivity contribution in [3.8, 4) is 11.5 Å². The van der Waals surface area contributed by atoms with Crippen LogP contribution in [0.1, 0.15) is 25.5 Å². The van der Waals surface area contributed by atoms with Crippen LogP contribution >= 0.6 is 11.6 Å². The van der Waals surface area contributed by atoms with Crippen LogP contribution in [0, 0.1) is 5.92 Å². The number of rotatable bonds is 7. The number of carbonyl (C=O) groups is 1. The molecule has 0 aliphatic heterocycles. The monoisotopic (exact) mass is 301 g/mol.